The molecular weight excluding hydrogens is 228 g/mol. The van der Waals surface area contributed by atoms with E-state index in [1.54, 1.807) is 6.07 Å². The van der Waals surface area contributed by atoms with E-state index in [0.29, 0.717) is 0 Å². The van der Waals surface area contributed by atoms with Crippen LogP contribution in [0.2, 0.25) is 0 Å². The predicted molar refractivity (Wildman–Crippen MR) is 69.5 cm³/mol. The first-order valence-electron chi connectivity index (χ1n) is 6.59. The third-order valence-corrected chi connectivity index (χ3v) is 3.74. The number of piperidine rings is 1. The molecule has 1 aromatic heterocycles. The van der Waals surface area contributed by atoms with Crippen LogP contribution in [-0.2, 0) is 6.54 Å². The van der Waals surface area contributed by atoms with Gasteiger partial charge in [-0.1, -0.05) is 13.3 Å². The van der Waals surface area contributed by atoms with Gasteiger partial charge in [0.05, 0.1) is 11.3 Å². The number of aromatic nitrogens is 1. The molecular formula is C14H20N2O2. The number of rotatable bonds is 4. The van der Waals surface area contributed by atoms with Crippen molar-refractivity contribution in [2.75, 3.05) is 13.1 Å². The summed E-state index contributed by atoms with van der Waals surface area (Å²) >= 11 is 0. The van der Waals surface area contributed by atoms with E-state index in [-0.39, 0.29) is 5.56 Å². The number of pyridine rings is 1. The smallest absolute Gasteiger partial charge is 0.337 e. The quantitative estimate of drug-likeness (QED) is 0.889. The fraction of sp³-hybridized carbons (Fsp3) is 0.571. The average molecular weight is 248 g/mol. The molecule has 0 aliphatic carbocycles. The number of carboxylic acid groups (broad SMARTS) is 1. The number of carbonyl (C=O) groups is 1. The lowest BCUT2D eigenvalue weighted by molar-refractivity contribution is 0.0696. The van der Waals surface area contributed by atoms with Crippen molar-refractivity contribution >= 4 is 5.97 Å². The largest absolute Gasteiger partial charge is 0.478 e. The minimum Gasteiger partial charge on any atom is -0.478 e. The van der Waals surface area contributed by atoms with Crippen LogP contribution in [0.25, 0.3) is 0 Å². The molecule has 98 valence electrons. The Hall–Kier alpha value is -1.42. The summed E-state index contributed by atoms with van der Waals surface area (Å²) in [5.74, 6) is -0.0404. The Kier molecular flexibility index (Phi) is 4.31. The van der Waals surface area contributed by atoms with Gasteiger partial charge in [-0.05, 0) is 44.0 Å². The van der Waals surface area contributed by atoms with Gasteiger partial charge in [-0.25, -0.2) is 4.79 Å². The van der Waals surface area contributed by atoms with Gasteiger partial charge in [0.15, 0.2) is 0 Å². The zero-order valence-electron chi connectivity index (χ0n) is 10.8. The SMILES string of the molecule is CCC1CCN(Cc2ccc(C(=O)O)cn2)CC1. The molecule has 0 bridgehead atoms. The Morgan fingerprint density at radius 3 is 2.67 bits per heavy atom. The van der Waals surface area contributed by atoms with Gasteiger partial charge in [0.1, 0.15) is 0 Å². The van der Waals surface area contributed by atoms with Crippen LogP contribution in [0.1, 0.15) is 42.2 Å². The summed E-state index contributed by atoms with van der Waals surface area (Å²) in [5.41, 5.74) is 1.21. The summed E-state index contributed by atoms with van der Waals surface area (Å²) in [4.78, 5) is 17.3. The van der Waals surface area contributed by atoms with E-state index in [4.69, 9.17) is 5.11 Å². The zero-order valence-corrected chi connectivity index (χ0v) is 10.8. The normalized spacial score (nSPS) is 17.8. The van der Waals surface area contributed by atoms with Gasteiger partial charge in [-0.15, -0.1) is 0 Å². The molecule has 0 aromatic carbocycles. The molecule has 0 unspecified atom stereocenters. The summed E-state index contributed by atoms with van der Waals surface area (Å²) in [5, 5.41) is 8.80. The molecule has 4 nitrogen and oxygen atoms in total. The highest BCUT2D eigenvalue weighted by Gasteiger charge is 2.18. The molecule has 0 spiro atoms. The third kappa shape index (κ3) is 3.29. The maximum atomic E-state index is 10.7. The molecule has 1 aliphatic rings. The summed E-state index contributed by atoms with van der Waals surface area (Å²) < 4.78 is 0. The summed E-state index contributed by atoms with van der Waals surface area (Å²) in [6, 6.07) is 3.44. The molecule has 0 atom stereocenters. The molecule has 1 aliphatic heterocycles. The Morgan fingerprint density at radius 1 is 1.44 bits per heavy atom. The van der Waals surface area contributed by atoms with Crippen LogP contribution in [-0.4, -0.2) is 34.0 Å². The highest BCUT2D eigenvalue weighted by atomic mass is 16.4. The number of carboxylic acids is 1. The summed E-state index contributed by atoms with van der Waals surface area (Å²) in [6.45, 7) is 5.34. The first-order chi connectivity index (χ1) is 8.69. The van der Waals surface area contributed by atoms with Crippen LogP contribution in [0.4, 0.5) is 0 Å². The Balaban J connectivity index is 1.88. The second kappa shape index (κ2) is 5.96. The van der Waals surface area contributed by atoms with Gasteiger partial charge in [0.25, 0.3) is 0 Å². The molecule has 2 heterocycles. The lowest BCUT2D eigenvalue weighted by atomic mass is 9.94. The summed E-state index contributed by atoms with van der Waals surface area (Å²) in [6.07, 6.45) is 5.25. The van der Waals surface area contributed by atoms with Gasteiger partial charge < -0.3 is 5.11 Å². The second-order valence-electron chi connectivity index (χ2n) is 4.97. The molecule has 4 heteroatoms. The minimum absolute atomic E-state index is 0.253. The number of aromatic carboxylic acids is 1. The molecule has 0 radical (unpaired) electrons. The van der Waals surface area contributed by atoms with Gasteiger partial charge in [-0.2, -0.15) is 0 Å². The lowest BCUT2D eigenvalue weighted by Gasteiger charge is -2.31. The first-order valence-corrected chi connectivity index (χ1v) is 6.59. The van der Waals surface area contributed by atoms with Crippen molar-refractivity contribution in [3.8, 4) is 0 Å². The van der Waals surface area contributed by atoms with Gasteiger partial charge in [0, 0.05) is 12.7 Å². The topological polar surface area (TPSA) is 53.4 Å². The van der Waals surface area contributed by atoms with E-state index in [0.717, 1.165) is 31.2 Å². The highest BCUT2D eigenvalue weighted by Crippen LogP contribution is 2.20. The molecule has 1 N–H and O–H groups in total. The maximum Gasteiger partial charge on any atom is 0.337 e. The van der Waals surface area contributed by atoms with Crippen molar-refractivity contribution in [2.24, 2.45) is 5.92 Å². The number of likely N-dealkylation sites (tertiary alicyclic amines) is 1. The van der Waals surface area contributed by atoms with Crippen molar-refractivity contribution in [1.82, 2.24) is 9.88 Å². The highest BCUT2D eigenvalue weighted by molar-refractivity contribution is 5.87. The average Bonchev–Trinajstić information content (AvgIpc) is 2.40. The van der Waals surface area contributed by atoms with Crippen LogP contribution in [0.5, 0.6) is 0 Å². The molecule has 1 saturated heterocycles. The fourth-order valence-electron chi connectivity index (χ4n) is 2.43. The molecule has 2 rings (SSSR count). The van der Waals surface area contributed by atoms with E-state index in [1.165, 1.54) is 25.5 Å². The van der Waals surface area contributed by atoms with E-state index in [1.807, 2.05) is 6.07 Å². The van der Waals surface area contributed by atoms with Crippen molar-refractivity contribution in [3.05, 3.63) is 29.6 Å². The molecule has 1 aromatic rings. The van der Waals surface area contributed by atoms with Crippen LogP contribution in [0, 0.1) is 5.92 Å². The maximum absolute atomic E-state index is 10.7. The molecule has 1 fully saturated rings. The van der Waals surface area contributed by atoms with E-state index in [9.17, 15) is 4.79 Å². The second-order valence-corrected chi connectivity index (χ2v) is 4.97. The summed E-state index contributed by atoms with van der Waals surface area (Å²) in [7, 11) is 0. The monoisotopic (exact) mass is 248 g/mol. The minimum atomic E-state index is -0.919. The predicted octanol–water partition coefficient (Wildman–Crippen LogP) is 2.40. The van der Waals surface area contributed by atoms with E-state index >= 15 is 0 Å². The Morgan fingerprint density at radius 2 is 2.17 bits per heavy atom. The van der Waals surface area contributed by atoms with Gasteiger partial charge in [0.2, 0.25) is 0 Å². The van der Waals surface area contributed by atoms with Gasteiger partial charge in [-0.3, -0.25) is 9.88 Å². The standard InChI is InChI=1S/C14H20N2O2/c1-2-11-5-7-16(8-6-11)10-13-4-3-12(9-15-13)14(17)18/h3-4,9,11H,2,5-8,10H2,1H3,(H,17,18). The zero-order chi connectivity index (χ0) is 13.0. The van der Waals surface area contributed by atoms with E-state index < -0.39 is 5.97 Å². The van der Waals surface area contributed by atoms with Crippen molar-refractivity contribution in [3.63, 3.8) is 0 Å². The van der Waals surface area contributed by atoms with Crippen LogP contribution in [0.3, 0.4) is 0 Å². The molecule has 0 saturated carbocycles. The molecule has 0 amide bonds. The fourth-order valence-corrected chi connectivity index (χ4v) is 2.43. The number of hydrogen-bond donors (Lipinski definition) is 1. The molecule has 18 heavy (non-hydrogen) atoms. The van der Waals surface area contributed by atoms with Crippen LogP contribution < -0.4 is 0 Å². The first kappa shape index (κ1) is 13.0. The Labute approximate surface area is 108 Å². The third-order valence-electron chi connectivity index (χ3n) is 3.74. The number of nitrogens with zero attached hydrogens (tertiary/aromatic N) is 2. The van der Waals surface area contributed by atoms with Crippen LogP contribution in [0.15, 0.2) is 18.3 Å². The lowest BCUT2D eigenvalue weighted by Crippen LogP contribution is -2.33. The Bertz CT molecular complexity index is 395. The van der Waals surface area contributed by atoms with Crippen molar-refractivity contribution < 1.29 is 9.90 Å². The van der Waals surface area contributed by atoms with Crippen molar-refractivity contribution in [1.29, 1.82) is 0 Å². The number of hydrogen-bond acceptors (Lipinski definition) is 3. The van der Waals surface area contributed by atoms with Crippen LogP contribution >= 0.6 is 0 Å². The van der Waals surface area contributed by atoms with E-state index in [2.05, 4.69) is 16.8 Å². The van der Waals surface area contributed by atoms with Gasteiger partial charge >= 0.3 is 5.97 Å². The van der Waals surface area contributed by atoms with Crippen molar-refractivity contribution in [2.45, 2.75) is 32.7 Å².